The van der Waals surface area contributed by atoms with Gasteiger partial charge in [-0.15, -0.1) is 0 Å². The van der Waals surface area contributed by atoms with Gasteiger partial charge in [0.1, 0.15) is 6.04 Å². The van der Waals surface area contributed by atoms with E-state index in [2.05, 4.69) is 5.32 Å². The van der Waals surface area contributed by atoms with Crippen molar-refractivity contribution in [2.75, 3.05) is 12.8 Å². The zero-order valence-corrected chi connectivity index (χ0v) is 18.8. The van der Waals surface area contributed by atoms with E-state index in [-0.39, 0.29) is 22.2 Å². The first-order valence-corrected chi connectivity index (χ1v) is 13.1. The summed E-state index contributed by atoms with van der Waals surface area (Å²) in [5, 5.41) is 3.18. The fourth-order valence-corrected chi connectivity index (χ4v) is 5.69. The number of nitrogens with one attached hydrogen (secondary N) is 1. The molecule has 0 aliphatic carbocycles. The van der Waals surface area contributed by atoms with Gasteiger partial charge < -0.3 is 5.32 Å². The Morgan fingerprint density at radius 3 is 2.17 bits per heavy atom. The first kappa shape index (κ1) is 22.7. The maximum absolute atomic E-state index is 13.4. The number of carbonyl (C=O) groups is 1. The Kier molecular flexibility index (Phi) is 6.86. The normalized spacial score (nSPS) is 18.1. The smallest absolute Gasteiger partial charge is 0.244 e. The number of carbonyl (C=O) groups excluding carboxylic acids is 1. The highest BCUT2D eigenvalue weighted by atomic mass is 35.5. The molecule has 0 spiro atoms. The van der Waals surface area contributed by atoms with Gasteiger partial charge in [0, 0.05) is 24.4 Å². The lowest BCUT2D eigenvalue weighted by molar-refractivity contribution is -0.124. The van der Waals surface area contributed by atoms with Gasteiger partial charge in [0.15, 0.2) is 9.84 Å². The average molecular weight is 471 g/mol. The predicted octanol–water partition coefficient (Wildman–Crippen LogP) is 2.60. The lowest BCUT2D eigenvalue weighted by atomic mass is 10.1. The van der Waals surface area contributed by atoms with E-state index in [0.717, 1.165) is 12.7 Å². The number of amides is 1. The van der Waals surface area contributed by atoms with E-state index in [1.54, 1.807) is 12.1 Å². The molecule has 0 aromatic heterocycles. The van der Waals surface area contributed by atoms with Gasteiger partial charge in [-0.05, 0) is 61.2 Å². The average Bonchev–Trinajstić information content (AvgIpc) is 2.90. The van der Waals surface area contributed by atoms with Crippen LogP contribution in [0.3, 0.4) is 0 Å². The van der Waals surface area contributed by atoms with Gasteiger partial charge in [-0.2, -0.15) is 4.31 Å². The third-order valence-corrected chi connectivity index (χ3v) is 8.21. The highest BCUT2D eigenvalue weighted by Gasteiger charge is 2.36. The molecule has 0 radical (unpaired) electrons. The number of nitrogens with zero attached hydrogens (tertiary/aromatic N) is 1. The Morgan fingerprint density at radius 2 is 1.57 bits per heavy atom. The summed E-state index contributed by atoms with van der Waals surface area (Å²) < 4.78 is 51.5. The van der Waals surface area contributed by atoms with Crippen LogP contribution in [0, 0.1) is 0 Å². The topological polar surface area (TPSA) is 101 Å². The minimum atomic E-state index is -4.01. The third-order valence-electron chi connectivity index (χ3n) is 4.96. The molecule has 1 heterocycles. The number of hydrogen-bond acceptors (Lipinski definition) is 5. The summed E-state index contributed by atoms with van der Waals surface area (Å²) in [6, 6.07) is 10.9. The quantitative estimate of drug-likeness (QED) is 0.699. The fourth-order valence-electron chi connectivity index (χ4n) is 3.32. The number of sulfone groups is 1. The molecule has 10 heteroatoms. The monoisotopic (exact) mass is 470 g/mol. The third kappa shape index (κ3) is 5.21. The molecule has 0 saturated carbocycles. The number of rotatable bonds is 6. The second kappa shape index (κ2) is 9.05. The molecule has 1 amide bonds. The van der Waals surface area contributed by atoms with Crippen LogP contribution in [0.1, 0.15) is 24.8 Å². The minimum Gasteiger partial charge on any atom is -0.355 e. The van der Waals surface area contributed by atoms with Gasteiger partial charge in [0.25, 0.3) is 0 Å². The summed E-state index contributed by atoms with van der Waals surface area (Å²) >= 11 is 5.89. The second-order valence-electron chi connectivity index (χ2n) is 7.22. The van der Waals surface area contributed by atoms with Crippen LogP contribution in [0.25, 0.3) is 0 Å². The summed E-state index contributed by atoms with van der Waals surface area (Å²) in [7, 11) is -7.37. The molecule has 1 saturated heterocycles. The van der Waals surface area contributed by atoms with Crippen LogP contribution < -0.4 is 5.32 Å². The summed E-state index contributed by atoms with van der Waals surface area (Å²) in [6.07, 6.45) is 3.00. The van der Waals surface area contributed by atoms with Gasteiger partial charge in [0.05, 0.1) is 9.79 Å². The molecule has 3 rings (SSSR count). The molecule has 0 unspecified atom stereocenters. The van der Waals surface area contributed by atoms with Gasteiger partial charge in [-0.3, -0.25) is 4.79 Å². The predicted molar refractivity (Wildman–Crippen MR) is 114 cm³/mol. The first-order chi connectivity index (χ1) is 14.1. The number of hydrogen-bond donors (Lipinski definition) is 1. The molecular weight excluding hydrogens is 448 g/mol. The SMILES string of the molecule is CS(=O)(=O)c1ccc(CN([C@@H]2CCCCNC2=O)S(=O)(=O)c2ccc(Cl)cc2)cc1. The molecule has 7 nitrogen and oxygen atoms in total. The zero-order chi connectivity index (χ0) is 21.9. The molecule has 1 fully saturated rings. The van der Waals surface area contributed by atoms with Crippen molar-refractivity contribution in [2.45, 2.75) is 41.6 Å². The van der Waals surface area contributed by atoms with Crippen molar-refractivity contribution in [3.8, 4) is 0 Å². The van der Waals surface area contributed by atoms with Crippen molar-refractivity contribution in [1.29, 1.82) is 0 Å². The summed E-state index contributed by atoms with van der Waals surface area (Å²) in [6.45, 7) is 0.445. The fraction of sp³-hybridized carbons (Fsp3) is 0.350. The zero-order valence-electron chi connectivity index (χ0n) is 16.4. The van der Waals surface area contributed by atoms with E-state index in [1.807, 2.05) is 0 Å². The minimum absolute atomic E-state index is 0.0386. The van der Waals surface area contributed by atoms with Crippen molar-refractivity contribution in [3.63, 3.8) is 0 Å². The number of sulfonamides is 1. The maximum Gasteiger partial charge on any atom is 0.244 e. The van der Waals surface area contributed by atoms with Crippen molar-refractivity contribution in [2.24, 2.45) is 0 Å². The van der Waals surface area contributed by atoms with E-state index in [1.165, 1.54) is 40.7 Å². The molecule has 2 aromatic rings. The van der Waals surface area contributed by atoms with Gasteiger partial charge >= 0.3 is 0 Å². The number of benzene rings is 2. The molecule has 30 heavy (non-hydrogen) atoms. The highest BCUT2D eigenvalue weighted by molar-refractivity contribution is 7.90. The van der Waals surface area contributed by atoms with Crippen LogP contribution in [-0.4, -0.2) is 45.9 Å². The number of halogens is 1. The molecule has 162 valence electrons. The Morgan fingerprint density at radius 1 is 0.967 bits per heavy atom. The highest BCUT2D eigenvalue weighted by Crippen LogP contribution is 2.26. The van der Waals surface area contributed by atoms with Crippen molar-refractivity contribution in [3.05, 3.63) is 59.1 Å². The first-order valence-electron chi connectivity index (χ1n) is 9.43. The summed E-state index contributed by atoms with van der Waals surface area (Å²) in [5.74, 6) is -0.335. The van der Waals surface area contributed by atoms with E-state index < -0.39 is 25.9 Å². The van der Waals surface area contributed by atoms with Gasteiger partial charge in [0.2, 0.25) is 15.9 Å². The van der Waals surface area contributed by atoms with Gasteiger partial charge in [-0.1, -0.05) is 23.7 Å². The molecule has 1 atom stereocenters. The van der Waals surface area contributed by atoms with E-state index in [4.69, 9.17) is 11.6 Å². The molecular formula is C20H23ClN2O5S2. The largest absolute Gasteiger partial charge is 0.355 e. The van der Waals surface area contributed by atoms with Crippen LogP contribution in [-0.2, 0) is 31.2 Å². The molecule has 0 bridgehead atoms. The van der Waals surface area contributed by atoms with E-state index in [9.17, 15) is 21.6 Å². The standard InChI is InChI=1S/C20H23ClN2O5S2/c1-29(25,26)17-9-5-15(6-10-17)14-23(19-4-2-3-13-22-20(19)24)30(27,28)18-11-7-16(21)8-12-18/h5-12,19H,2-4,13-14H2,1H3,(H,22,24)/t19-/m1/s1. The van der Waals surface area contributed by atoms with Crippen LogP contribution in [0.2, 0.25) is 5.02 Å². The van der Waals surface area contributed by atoms with Crippen LogP contribution >= 0.6 is 11.6 Å². The van der Waals surface area contributed by atoms with Crippen LogP contribution in [0.5, 0.6) is 0 Å². The van der Waals surface area contributed by atoms with Gasteiger partial charge in [-0.25, -0.2) is 16.8 Å². The molecule has 1 N–H and O–H groups in total. The maximum atomic E-state index is 13.4. The lowest BCUT2D eigenvalue weighted by Gasteiger charge is -2.29. The Labute approximate surface area is 182 Å². The molecule has 1 aliphatic rings. The Balaban J connectivity index is 2.01. The van der Waals surface area contributed by atoms with Crippen molar-refractivity contribution < 1.29 is 21.6 Å². The Bertz CT molecular complexity index is 1110. The van der Waals surface area contributed by atoms with E-state index >= 15 is 0 Å². The second-order valence-corrected chi connectivity index (χ2v) is 11.6. The van der Waals surface area contributed by atoms with Crippen LogP contribution in [0.15, 0.2) is 58.3 Å². The summed E-state index contributed by atoms with van der Waals surface area (Å²) in [4.78, 5) is 12.8. The molecule has 1 aliphatic heterocycles. The Hall–Kier alpha value is -1.94. The summed E-state index contributed by atoms with van der Waals surface area (Å²) in [5.41, 5.74) is 0.581. The van der Waals surface area contributed by atoms with Crippen molar-refractivity contribution in [1.82, 2.24) is 9.62 Å². The van der Waals surface area contributed by atoms with Crippen LogP contribution in [0.4, 0.5) is 0 Å². The van der Waals surface area contributed by atoms with E-state index in [0.29, 0.717) is 30.0 Å². The van der Waals surface area contributed by atoms with Crippen molar-refractivity contribution >= 4 is 37.4 Å². The molecule has 2 aromatic carbocycles. The lowest BCUT2D eigenvalue weighted by Crippen LogP contribution is -2.48.